The molecule has 0 aliphatic carbocycles. The van der Waals surface area contributed by atoms with Gasteiger partial charge >= 0.3 is 0 Å². The summed E-state index contributed by atoms with van der Waals surface area (Å²) in [7, 11) is 4.76. The molecule has 8 heteroatoms. The molecule has 1 saturated heterocycles. The van der Waals surface area contributed by atoms with E-state index in [1.165, 1.54) is 11.3 Å². The molecule has 4 aromatic rings. The molecule has 2 N–H and O–H groups in total. The number of aromatic nitrogens is 1. The predicted octanol–water partition coefficient (Wildman–Crippen LogP) is 6.25. The first-order chi connectivity index (χ1) is 18.0. The molecule has 192 valence electrons. The van der Waals surface area contributed by atoms with Crippen LogP contribution in [0.3, 0.4) is 0 Å². The van der Waals surface area contributed by atoms with Crippen LogP contribution in [0.4, 0.5) is 5.69 Å². The molecule has 1 aliphatic rings. The minimum atomic E-state index is -0.0143. The Morgan fingerprint density at radius 1 is 0.892 bits per heavy atom. The highest BCUT2D eigenvalue weighted by Crippen LogP contribution is 2.46. The number of nitrogens with zero attached hydrogens (tertiary/aromatic N) is 2. The van der Waals surface area contributed by atoms with E-state index in [9.17, 15) is 4.79 Å². The van der Waals surface area contributed by atoms with Crippen molar-refractivity contribution >= 4 is 33.1 Å². The van der Waals surface area contributed by atoms with Crippen molar-refractivity contribution in [2.24, 2.45) is 0 Å². The van der Waals surface area contributed by atoms with Crippen LogP contribution in [0.2, 0.25) is 0 Å². The average Bonchev–Trinajstić information content (AvgIpc) is 3.10. The van der Waals surface area contributed by atoms with Crippen LogP contribution in [-0.4, -0.2) is 50.2 Å². The Morgan fingerprint density at radius 3 is 2.14 bits per heavy atom. The maximum atomic E-state index is 13.6. The second-order valence-corrected chi connectivity index (χ2v) is 10.1. The van der Waals surface area contributed by atoms with Gasteiger partial charge in [0.2, 0.25) is 5.75 Å². The van der Waals surface area contributed by atoms with Gasteiger partial charge in [-0.2, -0.15) is 0 Å². The van der Waals surface area contributed by atoms with Crippen molar-refractivity contribution in [2.45, 2.75) is 25.7 Å². The SMILES string of the molecule is COc1cc(-c2cc(-c3ccccc3)nc3sc(C(=O)N4CCCCCC4)c(N)c23)cc(OC)c1OC. The largest absolute Gasteiger partial charge is 0.493 e. The van der Waals surface area contributed by atoms with Crippen LogP contribution in [0.5, 0.6) is 17.2 Å². The van der Waals surface area contributed by atoms with Gasteiger partial charge in [0.15, 0.2) is 11.5 Å². The van der Waals surface area contributed by atoms with E-state index in [0.717, 1.165) is 71.4 Å². The molecule has 1 fully saturated rings. The third-order valence-corrected chi connectivity index (χ3v) is 7.92. The van der Waals surface area contributed by atoms with Crippen LogP contribution >= 0.6 is 11.3 Å². The lowest BCUT2D eigenvalue weighted by atomic mass is 9.98. The van der Waals surface area contributed by atoms with Gasteiger partial charge in [-0.25, -0.2) is 4.98 Å². The lowest BCUT2D eigenvalue weighted by Crippen LogP contribution is -2.31. The fraction of sp³-hybridized carbons (Fsp3) is 0.310. The molecule has 7 nitrogen and oxygen atoms in total. The monoisotopic (exact) mass is 517 g/mol. The molecule has 0 radical (unpaired) electrons. The molecule has 2 aromatic heterocycles. The van der Waals surface area contributed by atoms with Crippen molar-refractivity contribution in [1.82, 2.24) is 9.88 Å². The number of hydrogen-bond acceptors (Lipinski definition) is 7. The molecule has 0 atom stereocenters. The van der Waals surface area contributed by atoms with Crippen molar-refractivity contribution in [3.63, 3.8) is 0 Å². The molecule has 0 bridgehead atoms. The summed E-state index contributed by atoms with van der Waals surface area (Å²) in [5, 5.41) is 0.761. The predicted molar refractivity (Wildman–Crippen MR) is 149 cm³/mol. The highest BCUT2D eigenvalue weighted by Gasteiger charge is 2.26. The standard InChI is InChI=1S/C29H31N3O4S/c1-34-22-15-19(16-23(35-2)26(22)36-3)20-17-21(18-11-7-6-8-12-18)31-28-24(20)25(30)27(37-28)29(33)32-13-9-4-5-10-14-32/h6-8,11-12,15-17H,4-5,9-10,13-14,30H2,1-3H3. The van der Waals surface area contributed by atoms with Gasteiger partial charge in [0.25, 0.3) is 5.91 Å². The number of fused-ring (bicyclic) bond motifs is 1. The van der Waals surface area contributed by atoms with Crippen molar-refractivity contribution in [3.05, 3.63) is 53.4 Å². The van der Waals surface area contributed by atoms with Crippen LogP contribution in [0.1, 0.15) is 35.4 Å². The Balaban J connectivity index is 1.74. The zero-order valence-corrected chi connectivity index (χ0v) is 22.2. The number of rotatable bonds is 6. The molecule has 3 heterocycles. The number of anilines is 1. The van der Waals surface area contributed by atoms with Gasteiger partial charge < -0.3 is 24.8 Å². The fourth-order valence-corrected chi connectivity index (χ4v) is 6.01. The number of carbonyl (C=O) groups excluding carboxylic acids is 1. The molecule has 37 heavy (non-hydrogen) atoms. The topological polar surface area (TPSA) is 86.9 Å². The number of benzene rings is 2. The molecular formula is C29H31N3O4S. The molecule has 2 aromatic carbocycles. The quantitative estimate of drug-likeness (QED) is 0.325. The van der Waals surface area contributed by atoms with Crippen molar-refractivity contribution in [1.29, 1.82) is 0 Å². The first kappa shape index (κ1) is 24.9. The van der Waals surface area contributed by atoms with Crippen LogP contribution < -0.4 is 19.9 Å². The number of pyridine rings is 1. The van der Waals surface area contributed by atoms with Crippen LogP contribution in [-0.2, 0) is 0 Å². The Hall–Kier alpha value is -3.78. The summed E-state index contributed by atoms with van der Waals surface area (Å²) in [5.74, 6) is 1.58. The third kappa shape index (κ3) is 4.69. The molecule has 0 saturated carbocycles. The molecule has 5 rings (SSSR count). The third-order valence-electron chi connectivity index (χ3n) is 6.83. The van der Waals surface area contributed by atoms with Gasteiger partial charge in [0.1, 0.15) is 9.71 Å². The van der Waals surface area contributed by atoms with Gasteiger partial charge in [0.05, 0.1) is 32.7 Å². The molecular weight excluding hydrogens is 486 g/mol. The number of nitrogen functional groups attached to an aromatic ring is 1. The summed E-state index contributed by atoms with van der Waals surface area (Å²) in [6.07, 6.45) is 4.34. The number of amides is 1. The maximum absolute atomic E-state index is 13.6. The van der Waals surface area contributed by atoms with E-state index in [1.807, 2.05) is 53.4 Å². The highest BCUT2D eigenvalue weighted by molar-refractivity contribution is 7.21. The van der Waals surface area contributed by atoms with E-state index in [2.05, 4.69) is 0 Å². The molecule has 0 spiro atoms. The number of ether oxygens (including phenoxy) is 3. The molecule has 0 unspecified atom stereocenters. The number of thiophene rings is 1. The van der Waals surface area contributed by atoms with Crippen molar-refractivity contribution in [3.8, 4) is 39.6 Å². The Bertz CT molecular complexity index is 1400. The van der Waals surface area contributed by atoms with E-state index in [0.29, 0.717) is 27.8 Å². The first-order valence-electron chi connectivity index (χ1n) is 12.4. The number of methoxy groups -OCH3 is 3. The van der Waals surface area contributed by atoms with E-state index < -0.39 is 0 Å². The summed E-state index contributed by atoms with van der Waals surface area (Å²) in [6, 6.07) is 15.8. The number of nitrogens with two attached hydrogens (primary N) is 1. The summed E-state index contributed by atoms with van der Waals surface area (Å²) in [5.41, 5.74) is 10.7. The fourth-order valence-electron chi connectivity index (χ4n) is 4.92. The van der Waals surface area contributed by atoms with E-state index >= 15 is 0 Å². The summed E-state index contributed by atoms with van der Waals surface area (Å²) < 4.78 is 16.8. The number of likely N-dealkylation sites (tertiary alicyclic amines) is 1. The smallest absolute Gasteiger partial charge is 0.266 e. The zero-order valence-electron chi connectivity index (χ0n) is 21.4. The Kier molecular flexibility index (Phi) is 7.19. The van der Waals surface area contributed by atoms with Gasteiger partial charge in [-0.3, -0.25) is 4.79 Å². The van der Waals surface area contributed by atoms with Gasteiger partial charge in [-0.15, -0.1) is 11.3 Å². The normalized spacial score (nSPS) is 13.9. The van der Waals surface area contributed by atoms with Gasteiger partial charge in [0, 0.05) is 24.0 Å². The number of carbonyl (C=O) groups is 1. The van der Waals surface area contributed by atoms with Crippen LogP contribution in [0.25, 0.3) is 32.6 Å². The second-order valence-electron chi connectivity index (χ2n) is 9.07. The second kappa shape index (κ2) is 10.7. The van der Waals surface area contributed by atoms with Crippen molar-refractivity contribution < 1.29 is 19.0 Å². The van der Waals surface area contributed by atoms with Gasteiger partial charge in [-0.05, 0) is 42.2 Å². The van der Waals surface area contributed by atoms with E-state index in [4.69, 9.17) is 24.9 Å². The maximum Gasteiger partial charge on any atom is 0.266 e. The summed E-state index contributed by atoms with van der Waals surface area (Å²) in [4.78, 5) is 21.8. The summed E-state index contributed by atoms with van der Waals surface area (Å²) in [6.45, 7) is 1.52. The first-order valence-corrected chi connectivity index (χ1v) is 13.3. The Morgan fingerprint density at radius 2 is 1.54 bits per heavy atom. The van der Waals surface area contributed by atoms with Crippen molar-refractivity contribution in [2.75, 3.05) is 40.2 Å². The van der Waals surface area contributed by atoms with Crippen LogP contribution in [0, 0.1) is 0 Å². The Labute approximate surface area is 220 Å². The van der Waals surface area contributed by atoms with E-state index in [-0.39, 0.29) is 5.91 Å². The lowest BCUT2D eigenvalue weighted by Gasteiger charge is -2.19. The lowest BCUT2D eigenvalue weighted by molar-refractivity contribution is 0.0767. The minimum absolute atomic E-state index is 0.0143. The zero-order chi connectivity index (χ0) is 25.9. The highest BCUT2D eigenvalue weighted by atomic mass is 32.1. The van der Waals surface area contributed by atoms with E-state index in [1.54, 1.807) is 21.3 Å². The molecule has 1 amide bonds. The average molecular weight is 518 g/mol. The van der Waals surface area contributed by atoms with Crippen LogP contribution in [0.15, 0.2) is 48.5 Å². The molecule has 1 aliphatic heterocycles. The number of hydrogen-bond donors (Lipinski definition) is 1. The minimum Gasteiger partial charge on any atom is -0.493 e. The van der Waals surface area contributed by atoms with Gasteiger partial charge in [-0.1, -0.05) is 43.2 Å². The summed E-state index contributed by atoms with van der Waals surface area (Å²) >= 11 is 1.36.